The molecular formula is C17H13N5O4. The molecule has 2 aromatic carbocycles. The molecule has 0 aliphatic rings. The van der Waals surface area contributed by atoms with Gasteiger partial charge in [-0.25, -0.2) is 14.8 Å². The summed E-state index contributed by atoms with van der Waals surface area (Å²) in [4.78, 5) is 22.1. The Bertz CT molecular complexity index is 1000. The van der Waals surface area contributed by atoms with E-state index in [1.807, 2.05) is 0 Å². The maximum atomic E-state index is 10.8. The Morgan fingerprint density at radius 1 is 1.19 bits per heavy atom. The summed E-state index contributed by atoms with van der Waals surface area (Å²) in [5.74, 6) is 0.121. The van der Waals surface area contributed by atoms with Gasteiger partial charge in [0.05, 0.1) is 17.2 Å². The number of hydrogen-bond acceptors (Lipinski definition) is 6. The second-order valence-electron chi connectivity index (χ2n) is 5.24. The highest BCUT2D eigenvalue weighted by Crippen LogP contribution is 2.25. The van der Waals surface area contributed by atoms with Crippen molar-refractivity contribution in [3.05, 3.63) is 59.1 Å². The average Bonchev–Trinajstić information content (AvgIpc) is 2.63. The third-order valence-corrected chi connectivity index (χ3v) is 3.37. The van der Waals surface area contributed by atoms with Gasteiger partial charge in [-0.15, -0.1) is 0 Å². The molecule has 0 saturated carbocycles. The molecule has 1 heterocycles. The molecule has 1 unspecified atom stereocenters. The molecule has 3 rings (SSSR count). The number of ether oxygens (including phenoxy) is 2. The van der Waals surface area contributed by atoms with Crippen LogP contribution in [0.5, 0.6) is 17.4 Å². The molecule has 1 atom stereocenters. The number of hydrogen-bond donors (Lipinski definition) is 1. The van der Waals surface area contributed by atoms with Gasteiger partial charge in [0.2, 0.25) is 5.88 Å². The van der Waals surface area contributed by atoms with Gasteiger partial charge in [-0.05, 0) is 48.9 Å². The molecule has 9 heteroatoms. The highest BCUT2D eigenvalue weighted by molar-refractivity contribution is 5.78. The van der Waals surface area contributed by atoms with Gasteiger partial charge in [0.15, 0.2) is 6.10 Å². The van der Waals surface area contributed by atoms with Crippen LogP contribution in [0, 0.1) is 0 Å². The zero-order valence-corrected chi connectivity index (χ0v) is 13.6. The summed E-state index contributed by atoms with van der Waals surface area (Å²) in [6.45, 7) is 1.45. The van der Waals surface area contributed by atoms with E-state index >= 15 is 0 Å². The van der Waals surface area contributed by atoms with Crippen molar-refractivity contribution in [2.75, 3.05) is 0 Å². The summed E-state index contributed by atoms with van der Waals surface area (Å²) in [6, 6.07) is 11.4. The molecule has 0 fully saturated rings. The summed E-state index contributed by atoms with van der Waals surface area (Å²) in [7, 11) is 0. The van der Waals surface area contributed by atoms with E-state index in [-0.39, 0.29) is 5.88 Å². The first-order valence-corrected chi connectivity index (χ1v) is 7.54. The molecule has 130 valence electrons. The minimum atomic E-state index is -1.04. The van der Waals surface area contributed by atoms with Crippen molar-refractivity contribution in [1.29, 1.82) is 0 Å². The molecule has 3 aromatic rings. The number of aromatic nitrogens is 2. The number of nitrogens with zero attached hydrogens (tertiary/aromatic N) is 5. The lowest BCUT2D eigenvalue weighted by Gasteiger charge is -2.11. The standard InChI is InChI=1S/C17H13N5O4/c1-10(17(23)24)25-12-3-5-13(6-4-12)26-16-9-19-14-7-2-11(21-22-18)8-15(14)20-16/h2-10H,1H3,(H,23,24). The molecule has 0 aliphatic carbocycles. The van der Waals surface area contributed by atoms with Crippen LogP contribution < -0.4 is 9.47 Å². The molecule has 9 nitrogen and oxygen atoms in total. The van der Waals surface area contributed by atoms with Gasteiger partial charge in [-0.1, -0.05) is 11.2 Å². The topological polar surface area (TPSA) is 130 Å². The van der Waals surface area contributed by atoms with Crippen molar-refractivity contribution in [2.45, 2.75) is 13.0 Å². The Morgan fingerprint density at radius 3 is 2.62 bits per heavy atom. The normalized spacial score (nSPS) is 11.4. The lowest BCUT2D eigenvalue weighted by molar-refractivity contribution is -0.144. The lowest BCUT2D eigenvalue weighted by Crippen LogP contribution is -2.22. The van der Waals surface area contributed by atoms with E-state index in [0.717, 1.165) is 0 Å². The van der Waals surface area contributed by atoms with Crippen molar-refractivity contribution >= 4 is 22.7 Å². The van der Waals surface area contributed by atoms with E-state index in [1.165, 1.54) is 13.1 Å². The van der Waals surface area contributed by atoms with Crippen molar-refractivity contribution < 1.29 is 19.4 Å². The highest BCUT2D eigenvalue weighted by Gasteiger charge is 2.12. The van der Waals surface area contributed by atoms with Gasteiger partial charge in [-0.3, -0.25) is 0 Å². The average molecular weight is 351 g/mol. The molecular weight excluding hydrogens is 338 g/mol. The molecule has 0 aliphatic heterocycles. The lowest BCUT2D eigenvalue weighted by atomic mass is 10.2. The predicted octanol–water partition coefficient (Wildman–Crippen LogP) is 4.22. The third kappa shape index (κ3) is 3.97. The van der Waals surface area contributed by atoms with Gasteiger partial charge in [-0.2, -0.15) is 0 Å². The Labute approximate surface area is 147 Å². The van der Waals surface area contributed by atoms with Gasteiger partial charge >= 0.3 is 5.97 Å². The SMILES string of the molecule is CC(Oc1ccc(Oc2cnc3ccc(N=[N+]=[N-])cc3n2)cc1)C(=O)O. The number of fused-ring (bicyclic) bond motifs is 1. The van der Waals surface area contributed by atoms with E-state index in [9.17, 15) is 4.79 Å². The Kier molecular flexibility index (Phi) is 4.82. The fraction of sp³-hybridized carbons (Fsp3) is 0.118. The minimum absolute atomic E-state index is 0.267. The van der Waals surface area contributed by atoms with Crippen molar-refractivity contribution in [2.24, 2.45) is 5.11 Å². The van der Waals surface area contributed by atoms with Crippen molar-refractivity contribution in [3.63, 3.8) is 0 Å². The van der Waals surface area contributed by atoms with Crippen molar-refractivity contribution in [1.82, 2.24) is 9.97 Å². The third-order valence-electron chi connectivity index (χ3n) is 3.37. The maximum Gasteiger partial charge on any atom is 0.344 e. The number of benzene rings is 2. The van der Waals surface area contributed by atoms with Crippen LogP contribution in [0.1, 0.15) is 6.92 Å². The minimum Gasteiger partial charge on any atom is -0.479 e. The summed E-state index contributed by atoms with van der Waals surface area (Å²) in [6.07, 6.45) is 0.533. The number of carbonyl (C=O) groups is 1. The van der Waals surface area contributed by atoms with Gasteiger partial charge in [0, 0.05) is 10.6 Å². The molecule has 0 bridgehead atoms. The number of carboxylic acid groups (broad SMARTS) is 1. The first-order chi connectivity index (χ1) is 12.5. The number of aliphatic carboxylic acids is 1. The monoisotopic (exact) mass is 351 g/mol. The maximum absolute atomic E-state index is 10.8. The van der Waals surface area contributed by atoms with Crippen LogP contribution in [0.4, 0.5) is 5.69 Å². The first-order valence-electron chi connectivity index (χ1n) is 7.54. The number of carboxylic acids is 1. The second-order valence-corrected chi connectivity index (χ2v) is 5.24. The van der Waals surface area contributed by atoms with Gasteiger partial charge in [0.25, 0.3) is 0 Å². The molecule has 1 N–H and O–H groups in total. The zero-order chi connectivity index (χ0) is 18.5. The Hall–Kier alpha value is -3.84. The fourth-order valence-corrected chi connectivity index (χ4v) is 2.11. The zero-order valence-electron chi connectivity index (χ0n) is 13.6. The molecule has 1 aromatic heterocycles. The Balaban J connectivity index is 1.77. The van der Waals surface area contributed by atoms with Gasteiger partial charge < -0.3 is 14.6 Å². The molecule has 26 heavy (non-hydrogen) atoms. The quantitative estimate of drug-likeness (QED) is 0.402. The largest absolute Gasteiger partial charge is 0.479 e. The molecule has 0 amide bonds. The van der Waals surface area contributed by atoms with Crippen LogP contribution in [0.3, 0.4) is 0 Å². The first kappa shape index (κ1) is 17.0. The summed E-state index contributed by atoms with van der Waals surface area (Å²) in [5, 5.41) is 12.4. The van der Waals surface area contributed by atoms with Crippen molar-refractivity contribution in [3.8, 4) is 17.4 Å². The van der Waals surface area contributed by atoms with Crippen LogP contribution in [0.25, 0.3) is 21.5 Å². The van der Waals surface area contributed by atoms with Crippen LogP contribution in [-0.2, 0) is 4.79 Å². The van der Waals surface area contributed by atoms with Crippen LogP contribution in [0.2, 0.25) is 0 Å². The fourth-order valence-electron chi connectivity index (χ4n) is 2.11. The van der Waals surface area contributed by atoms with Gasteiger partial charge in [0.1, 0.15) is 11.5 Å². The smallest absolute Gasteiger partial charge is 0.344 e. The summed E-state index contributed by atoms with van der Waals surface area (Å²) in [5.41, 5.74) is 10.1. The molecule has 0 radical (unpaired) electrons. The van der Waals surface area contributed by atoms with E-state index in [2.05, 4.69) is 20.0 Å². The van der Waals surface area contributed by atoms with E-state index in [0.29, 0.717) is 28.2 Å². The van der Waals surface area contributed by atoms with E-state index in [4.69, 9.17) is 20.1 Å². The predicted molar refractivity (Wildman–Crippen MR) is 92.6 cm³/mol. The number of azide groups is 1. The van der Waals surface area contributed by atoms with E-state index in [1.54, 1.807) is 42.5 Å². The summed E-state index contributed by atoms with van der Waals surface area (Å²) >= 11 is 0. The summed E-state index contributed by atoms with van der Waals surface area (Å²) < 4.78 is 10.9. The van der Waals surface area contributed by atoms with Crippen LogP contribution in [0.15, 0.2) is 53.8 Å². The van der Waals surface area contributed by atoms with E-state index < -0.39 is 12.1 Å². The highest BCUT2D eigenvalue weighted by atomic mass is 16.5. The van der Waals surface area contributed by atoms with Crippen LogP contribution in [-0.4, -0.2) is 27.1 Å². The van der Waals surface area contributed by atoms with Crippen LogP contribution >= 0.6 is 0 Å². The second kappa shape index (κ2) is 7.37. The molecule has 0 spiro atoms. The Morgan fingerprint density at radius 2 is 1.92 bits per heavy atom. The molecule has 0 saturated heterocycles. The number of rotatable bonds is 6.